The topological polar surface area (TPSA) is 37.3 Å². The van der Waals surface area contributed by atoms with Gasteiger partial charge in [0.2, 0.25) is 0 Å². The van der Waals surface area contributed by atoms with Crippen LogP contribution in [0.5, 0.6) is 0 Å². The molecule has 0 bridgehead atoms. The summed E-state index contributed by atoms with van der Waals surface area (Å²) in [6.45, 7) is 1.56. The van der Waals surface area contributed by atoms with E-state index in [9.17, 15) is 4.79 Å². The molecule has 0 fully saturated rings. The van der Waals surface area contributed by atoms with E-state index >= 15 is 0 Å². The van der Waals surface area contributed by atoms with Gasteiger partial charge in [-0.25, -0.2) is 0 Å². The summed E-state index contributed by atoms with van der Waals surface area (Å²) in [6, 6.07) is 0. The number of hydrogen-bond donors (Lipinski definition) is 1. The van der Waals surface area contributed by atoms with E-state index in [4.69, 9.17) is 5.11 Å². The minimum atomic E-state index is -0.824. The zero-order chi connectivity index (χ0) is 5.15. The van der Waals surface area contributed by atoms with Crippen molar-refractivity contribution in [1.29, 1.82) is 0 Å². The van der Waals surface area contributed by atoms with Gasteiger partial charge in [0.15, 0.2) is 0 Å². The molecule has 1 atom stereocenters. The van der Waals surface area contributed by atoms with E-state index < -0.39 is 10.8 Å². The van der Waals surface area contributed by atoms with Gasteiger partial charge in [0.25, 0.3) is 0 Å². The number of aliphatic carboxylic acids is 1. The van der Waals surface area contributed by atoms with Crippen LogP contribution in [0.15, 0.2) is 0 Å². The summed E-state index contributed by atoms with van der Waals surface area (Å²) in [6.07, 6.45) is 0. The zero-order valence-electron chi connectivity index (χ0n) is 5.31. The number of alkyl halides is 1. The van der Waals surface area contributed by atoms with Gasteiger partial charge in [-0.2, -0.15) is 0 Å². The Balaban J connectivity index is -0.000000125. The van der Waals surface area contributed by atoms with E-state index in [0.717, 1.165) is 0 Å². The maximum absolute atomic E-state index is 9.65. The van der Waals surface area contributed by atoms with Gasteiger partial charge in [-0.3, -0.25) is 4.79 Å². The maximum Gasteiger partial charge on any atom is 1.00 e. The molecule has 0 rings (SSSR count). The predicted octanol–water partition coefficient (Wildman–Crippen LogP) is -2.03. The van der Waals surface area contributed by atoms with Crippen molar-refractivity contribution < 1.29 is 69.5 Å². The third-order valence-corrected chi connectivity index (χ3v) is 0.732. The van der Waals surface area contributed by atoms with Crippen molar-refractivity contribution in [3.8, 4) is 0 Å². The third-order valence-electron chi connectivity index (χ3n) is 0.340. The molecule has 4 heteroatoms. The number of carboxylic acids is 1. The Labute approximate surface area is 101 Å². The molecule has 0 aliphatic carbocycles. The van der Waals surface area contributed by atoms with Crippen molar-refractivity contribution >= 4 is 21.9 Å². The van der Waals surface area contributed by atoms with Crippen LogP contribution in [-0.2, 0) is 4.79 Å². The van der Waals surface area contributed by atoms with E-state index in [1.807, 2.05) is 0 Å². The van der Waals surface area contributed by atoms with Crippen LogP contribution in [0.2, 0.25) is 0 Å². The van der Waals surface area contributed by atoms with Crippen LogP contribution in [0.4, 0.5) is 0 Å². The summed E-state index contributed by atoms with van der Waals surface area (Å²) in [5, 5.41) is 7.94. The number of halogens is 1. The van der Waals surface area contributed by atoms with E-state index in [-0.39, 0.29) is 59.6 Å². The second kappa shape index (κ2) is 5.88. The summed E-state index contributed by atoms with van der Waals surface area (Å²) in [5.74, 6) is -0.824. The molecular weight excluding hydrogens is 233 g/mol. The standard InChI is InChI=1S/C3H5BrO2.Rb.H/c1-2(4)3(5)6;;/h2H,1H3,(H,5,6);;/q;+1;-1. The largest absolute Gasteiger partial charge is 1.00 e. The van der Waals surface area contributed by atoms with E-state index in [1.54, 1.807) is 6.92 Å². The number of carboxylic acid groups (broad SMARTS) is 1. The van der Waals surface area contributed by atoms with Crippen molar-refractivity contribution in [3.05, 3.63) is 0 Å². The summed E-state index contributed by atoms with van der Waals surface area (Å²) in [7, 11) is 0. The SMILES string of the molecule is CC(Br)C(=O)O.[H-].[Rb+]. The van der Waals surface area contributed by atoms with Gasteiger partial charge in [0.1, 0.15) is 4.83 Å². The van der Waals surface area contributed by atoms with Crippen LogP contribution in [0, 0.1) is 0 Å². The number of rotatable bonds is 1. The molecule has 38 valence electrons. The molecule has 0 aromatic heterocycles. The number of carbonyl (C=O) groups is 1. The Kier molecular flexibility index (Phi) is 9.70. The van der Waals surface area contributed by atoms with E-state index in [2.05, 4.69) is 15.9 Å². The average molecular weight is 239 g/mol. The molecule has 1 unspecified atom stereocenters. The molecule has 7 heavy (non-hydrogen) atoms. The summed E-state index contributed by atoms with van der Waals surface area (Å²) >= 11 is 2.84. The van der Waals surface area contributed by atoms with Crippen molar-refractivity contribution in [3.63, 3.8) is 0 Å². The minimum Gasteiger partial charge on any atom is -1.00 e. The Hall–Kier alpha value is 1.76. The van der Waals surface area contributed by atoms with Gasteiger partial charge in [-0.05, 0) is 6.92 Å². The molecule has 0 amide bonds. The molecule has 0 aliphatic rings. The maximum atomic E-state index is 9.65. The van der Waals surface area contributed by atoms with Gasteiger partial charge in [-0.15, -0.1) is 0 Å². The van der Waals surface area contributed by atoms with Crippen LogP contribution in [0.3, 0.4) is 0 Å². The second-order valence-electron chi connectivity index (χ2n) is 0.954. The Morgan fingerprint density at radius 3 is 2.14 bits per heavy atom. The molecule has 0 aromatic rings. The van der Waals surface area contributed by atoms with Gasteiger partial charge in [0, 0.05) is 0 Å². The van der Waals surface area contributed by atoms with E-state index in [0.29, 0.717) is 0 Å². The molecule has 0 saturated carbocycles. The van der Waals surface area contributed by atoms with Gasteiger partial charge in [0.05, 0.1) is 0 Å². The Morgan fingerprint density at radius 2 is 2.14 bits per heavy atom. The van der Waals surface area contributed by atoms with Crippen LogP contribution in [0.1, 0.15) is 8.35 Å². The Morgan fingerprint density at radius 1 is 2.00 bits per heavy atom. The zero-order valence-corrected chi connectivity index (χ0v) is 10.8. The summed E-state index contributed by atoms with van der Waals surface area (Å²) < 4.78 is 0. The molecule has 0 aliphatic heterocycles. The molecule has 0 radical (unpaired) electrons. The number of hydrogen-bond acceptors (Lipinski definition) is 1. The smallest absolute Gasteiger partial charge is 1.00 e. The van der Waals surface area contributed by atoms with Crippen molar-refractivity contribution in [2.45, 2.75) is 11.8 Å². The first kappa shape index (κ1) is 11.5. The normalized spacial score (nSPS) is 11.7. The molecular formula is C3H6BrO2Rb. The first-order valence-electron chi connectivity index (χ1n) is 1.51. The summed E-state index contributed by atoms with van der Waals surface area (Å²) in [5.41, 5.74) is 0. The molecule has 2 nitrogen and oxygen atoms in total. The first-order valence-corrected chi connectivity index (χ1v) is 2.43. The Bertz CT molecular complexity index is 68.3. The van der Waals surface area contributed by atoms with Gasteiger partial charge in [-0.1, -0.05) is 15.9 Å². The quantitative estimate of drug-likeness (QED) is 0.536. The van der Waals surface area contributed by atoms with Crippen LogP contribution in [0.25, 0.3) is 0 Å². The molecule has 0 aromatic carbocycles. The minimum absolute atomic E-state index is 0. The monoisotopic (exact) mass is 238 g/mol. The third kappa shape index (κ3) is 7.76. The second-order valence-corrected chi connectivity index (χ2v) is 2.33. The fraction of sp³-hybridized carbons (Fsp3) is 0.667. The molecule has 0 spiro atoms. The fourth-order valence-corrected chi connectivity index (χ4v) is 0. The van der Waals surface area contributed by atoms with Crippen molar-refractivity contribution in [2.75, 3.05) is 0 Å². The average Bonchev–Trinajstić information content (AvgIpc) is 1.36. The molecule has 0 heterocycles. The summed E-state index contributed by atoms with van der Waals surface area (Å²) in [4.78, 5) is 9.23. The van der Waals surface area contributed by atoms with E-state index in [1.165, 1.54) is 0 Å². The fourth-order valence-electron chi connectivity index (χ4n) is 0. The van der Waals surface area contributed by atoms with Gasteiger partial charge >= 0.3 is 64.2 Å². The van der Waals surface area contributed by atoms with Crippen LogP contribution >= 0.6 is 15.9 Å². The molecule has 1 N–H and O–H groups in total. The van der Waals surface area contributed by atoms with Crippen molar-refractivity contribution in [2.24, 2.45) is 0 Å². The van der Waals surface area contributed by atoms with Crippen LogP contribution < -0.4 is 58.2 Å². The van der Waals surface area contributed by atoms with Crippen LogP contribution in [-0.4, -0.2) is 15.9 Å². The first-order chi connectivity index (χ1) is 2.64. The molecule has 0 saturated heterocycles. The van der Waals surface area contributed by atoms with Gasteiger partial charge < -0.3 is 6.53 Å². The predicted molar refractivity (Wildman–Crippen MR) is 27.1 cm³/mol. The van der Waals surface area contributed by atoms with Crippen molar-refractivity contribution in [1.82, 2.24) is 0 Å².